The Hall–Kier alpha value is -4.26. The number of rotatable bonds is 5. The molecule has 0 saturated carbocycles. The van der Waals surface area contributed by atoms with E-state index >= 15 is 0 Å². The van der Waals surface area contributed by atoms with Crippen LogP contribution in [0.2, 0.25) is 0 Å². The van der Waals surface area contributed by atoms with Gasteiger partial charge in [-0.15, -0.1) is 13.2 Å². The molecule has 2 heterocycles. The number of fused-ring (bicyclic) bond motifs is 2. The molecule has 1 aromatic heterocycles. The van der Waals surface area contributed by atoms with Crippen molar-refractivity contribution in [1.82, 2.24) is 4.98 Å². The van der Waals surface area contributed by atoms with Crippen molar-refractivity contribution >= 4 is 27.2 Å². The van der Waals surface area contributed by atoms with Gasteiger partial charge in [-0.05, 0) is 54.4 Å². The first-order chi connectivity index (χ1) is 19.2. The van der Waals surface area contributed by atoms with E-state index in [1.54, 1.807) is 55.5 Å². The average Bonchev–Trinajstić information content (AvgIpc) is 3.04. The zero-order valence-electron chi connectivity index (χ0n) is 21.2. The molecular weight excluding hydrogens is 572 g/mol. The highest BCUT2D eigenvalue weighted by Gasteiger charge is 2.38. The fraction of sp³-hybridized carbons (Fsp3) is 0.179. The second-order valence-corrected chi connectivity index (χ2v) is 11.1. The summed E-state index contributed by atoms with van der Waals surface area (Å²) in [5.74, 6) is -0.672. The number of hydrogen-bond donors (Lipinski definition) is 0. The number of nitrogens with zero attached hydrogens (tertiary/aromatic N) is 3. The van der Waals surface area contributed by atoms with Gasteiger partial charge in [0.05, 0.1) is 22.8 Å². The van der Waals surface area contributed by atoms with Crippen LogP contribution >= 0.6 is 0 Å². The monoisotopic (exact) mass is 593 g/mol. The Bertz CT molecular complexity index is 1680. The quantitative estimate of drug-likeness (QED) is 0.227. The van der Waals surface area contributed by atoms with E-state index in [2.05, 4.69) is 9.72 Å². The Kier molecular flexibility index (Phi) is 7.10. The van der Waals surface area contributed by atoms with E-state index in [-0.39, 0.29) is 35.1 Å². The standard InChI is InChI=1S/C28H21F6N3O3S/c1-18-6-5-9-23-25(18)37(41(38,39)22-13-11-21(12-14-22)40-28(32,33)34)17-20-10-15-24(27(29,30)31)35-26(20)36(23)16-19-7-3-2-4-8-19/h2-15H,16-17H2,1H3. The van der Waals surface area contributed by atoms with Crippen LogP contribution in [0.4, 0.5) is 43.5 Å². The van der Waals surface area contributed by atoms with Gasteiger partial charge in [-0.3, -0.25) is 4.31 Å². The van der Waals surface area contributed by atoms with Crippen molar-refractivity contribution in [2.45, 2.75) is 37.4 Å². The molecule has 13 heteroatoms. The minimum absolute atomic E-state index is 0.0675. The highest BCUT2D eigenvalue weighted by atomic mass is 32.2. The van der Waals surface area contributed by atoms with Crippen molar-refractivity contribution in [3.63, 3.8) is 0 Å². The SMILES string of the molecule is Cc1cccc2c1N(S(=O)(=O)c1ccc(OC(F)(F)F)cc1)Cc1ccc(C(F)(F)F)nc1N2Cc1ccccc1. The normalized spacial score (nSPS) is 13.8. The predicted octanol–water partition coefficient (Wildman–Crippen LogP) is 7.35. The summed E-state index contributed by atoms with van der Waals surface area (Å²) in [6.45, 7) is 1.36. The van der Waals surface area contributed by atoms with Crippen LogP contribution in [0.15, 0.2) is 89.8 Å². The molecule has 6 nitrogen and oxygen atoms in total. The van der Waals surface area contributed by atoms with Crippen molar-refractivity contribution < 1.29 is 39.5 Å². The van der Waals surface area contributed by atoms with Crippen LogP contribution in [-0.2, 0) is 29.3 Å². The number of ether oxygens (including phenoxy) is 1. The Labute approximate surface area is 231 Å². The molecule has 0 aliphatic carbocycles. The summed E-state index contributed by atoms with van der Waals surface area (Å²) in [7, 11) is -4.44. The predicted molar refractivity (Wildman–Crippen MR) is 139 cm³/mol. The van der Waals surface area contributed by atoms with Crippen LogP contribution in [-0.4, -0.2) is 19.8 Å². The van der Waals surface area contributed by atoms with Crippen LogP contribution in [0.1, 0.15) is 22.4 Å². The van der Waals surface area contributed by atoms with Crippen molar-refractivity contribution in [3.05, 3.63) is 107 Å². The highest BCUT2D eigenvalue weighted by molar-refractivity contribution is 7.92. The minimum Gasteiger partial charge on any atom is -0.406 e. The number of pyridine rings is 1. The van der Waals surface area contributed by atoms with Gasteiger partial charge in [-0.2, -0.15) is 13.2 Å². The molecule has 1 aliphatic rings. The summed E-state index contributed by atoms with van der Waals surface area (Å²) in [6.07, 6.45) is -9.71. The summed E-state index contributed by atoms with van der Waals surface area (Å²) in [6, 6.07) is 19.5. The first kappa shape index (κ1) is 28.3. The molecule has 0 N–H and O–H groups in total. The smallest absolute Gasteiger partial charge is 0.406 e. The van der Waals surface area contributed by atoms with E-state index in [0.29, 0.717) is 11.3 Å². The molecule has 0 fully saturated rings. The molecule has 0 bridgehead atoms. The number of alkyl halides is 6. The molecule has 41 heavy (non-hydrogen) atoms. The second kappa shape index (κ2) is 10.3. The number of halogens is 6. The van der Waals surface area contributed by atoms with Crippen LogP contribution in [0.25, 0.3) is 0 Å². The van der Waals surface area contributed by atoms with E-state index in [4.69, 9.17) is 0 Å². The van der Waals surface area contributed by atoms with Crippen molar-refractivity contribution in [1.29, 1.82) is 0 Å². The first-order valence-electron chi connectivity index (χ1n) is 12.1. The minimum atomic E-state index is -4.96. The molecule has 1 aliphatic heterocycles. The molecule has 5 rings (SSSR count). The summed E-state index contributed by atoms with van der Waals surface area (Å²) >= 11 is 0. The lowest BCUT2D eigenvalue weighted by Gasteiger charge is -2.29. The van der Waals surface area contributed by atoms with Gasteiger partial charge >= 0.3 is 12.5 Å². The Morgan fingerprint density at radius 1 is 0.854 bits per heavy atom. The lowest BCUT2D eigenvalue weighted by atomic mass is 10.1. The number of para-hydroxylation sites is 1. The summed E-state index contributed by atoms with van der Waals surface area (Å²) in [4.78, 5) is 5.15. The first-order valence-corrected chi connectivity index (χ1v) is 13.5. The fourth-order valence-corrected chi connectivity index (χ4v) is 6.12. The third-order valence-corrected chi connectivity index (χ3v) is 8.16. The molecule has 0 amide bonds. The van der Waals surface area contributed by atoms with E-state index < -0.39 is 34.0 Å². The summed E-state index contributed by atoms with van der Waals surface area (Å²) in [5, 5.41) is 0. The second-order valence-electron chi connectivity index (χ2n) is 9.22. The van der Waals surface area contributed by atoms with Crippen molar-refractivity contribution in [2.75, 3.05) is 9.21 Å². The van der Waals surface area contributed by atoms with Crippen molar-refractivity contribution in [3.8, 4) is 5.75 Å². The molecule has 0 atom stereocenters. The third kappa shape index (κ3) is 5.80. The average molecular weight is 594 g/mol. The maximum Gasteiger partial charge on any atom is 0.573 e. The summed E-state index contributed by atoms with van der Waals surface area (Å²) in [5.41, 5.74) is 0.794. The lowest BCUT2D eigenvalue weighted by molar-refractivity contribution is -0.274. The zero-order valence-corrected chi connectivity index (χ0v) is 22.1. The molecule has 0 radical (unpaired) electrons. The van der Waals surface area contributed by atoms with Crippen LogP contribution in [0.3, 0.4) is 0 Å². The highest BCUT2D eigenvalue weighted by Crippen LogP contribution is 2.45. The van der Waals surface area contributed by atoms with E-state index in [0.717, 1.165) is 40.2 Å². The Morgan fingerprint density at radius 2 is 1.54 bits per heavy atom. The molecular formula is C28H21F6N3O3S. The maximum atomic E-state index is 14.0. The van der Waals surface area contributed by atoms with Crippen LogP contribution in [0.5, 0.6) is 5.75 Å². The number of aromatic nitrogens is 1. The van der Waals surface area contributed by atoms with Gasteiger partial charge in [0.25, 0.3) is 10.0 Å². The maximum absolute atomic E-state index is 14.0. The van der Waals surface area contributed by atoms with Gasteiger partial charge in [-0.1, -0.05) is 48.5 Å². The van der Waals surface area contributed by atoms with Gasteiger partial charge in [0, 0.05) is 12.1 Å². The van der Waals surface area contributed by atoms with E-state index in [1.165, 1.54) is 11.0 Å². The lowest BCUT2D eigenvalue weighted by Crippen LogP contribution is -2.31. The molecule has 3 aromatic carbocycles. The molecule has 4 aromatic rings. The number of benzene rings is 3. The van der Waals surface area contributed by atoms with Crippen LogP contribution in [0, 0.1) is 6.92 Å². The third-order valence-electron chi connectivity index (χ3n) is 6.40. The number of hydrogen-bond acceptors (Lipinski definition) is 5. The molecule has 0 unspecified atom stereocenters. The molecule has 0 saturated heterocycles. The van der Waals surface area contributed by atoms with Crippen LogP contribution < -0.4 is 13.9 Å². The number of aryl methyl sites for hydroxylation is 1. The molecule has 0 spiro atoms. The molecule has 214 valence electrons. The van der Waals surface area contributed by atoms with E-state index in [1.807, 2.05) is 0 Å². The fourth-order valence-electron chi connectivity index (χ4n) is 4.60. The van der Waals surface area contributed by atoms with E-state index in [9.17, 15) is 34.8 Å². The summed E-state index contributed by atoms with van der Waals surface area (Å²) < 4.78 is 112. The topological polar surface area (TPSA) is 62.7 Å². The Morgan fingerprint density at radius 3 is 2.17 bits per heavy atom. The van der Waals surface area contributed by atoms with Gasteiger partial charge < -0.3 is 9.64 Å². The Balaban J connectivity index is 1.69. The van der Waals surface area contributed by atoms with Gasteiger partial charge in [-0.25, -0.2) is 13.4 Å². The van der Waals surface area contributed by atoms with Gasteiger partial charge in [0.2, 0.25) is 0 Å². The van der Waals surface area contributed by atoms with Crippen molar-refractivity contribution in [2.24, 2.45) is 0 Å². The zero-order chi connectivity index (χ0) is 29.6. The van der Waals surface area contributed by atoms with Gasteiger partial charge in [0.15, 0.2) is 0 Å². The largest absolute Gasteiger partial charge is 0.573 e. The number of anilines is 3. The number of sulfonamides is 1. The van der Waals surface area contributed by atoms with Gasteiger partial charge in [0.1, 0.15) is 17.3 Å².